The SMILES string of the molecule is Cc1cc(Cl)cc(Cl)c1S(=O)(=O)N1CCCN(Cc2ccsc2)CC1. The molecule has 1 fully saturated rings. The standard InChI is InChI=1S/C17H20Cl2N2O2S2/c1-13-9-15(18)10-16(19)17(13)25(22,23)21-5-2-4-20(6-7-21)11-14-3-8-24-12-14/h3,8-10,12H,2,4-7,11H2,1H3. The number of halogens is 2. The molecule has 2 aromatic rings. The highest BCUT2D eigenvalue weighted by Crippen LogP contribution is 2.31. The molecular formula is C17H20Cl2N2O2S2. The predicted molar refractivity (Wildman–Crippen MR) is 104 cm³/mol. The summed E-state index contributed by atoms with van der Waals surface area (Å²) in [4.78, 5) is 2.47. The number of sulfonamides is 1. The van der Waals surface area contributed by atoms with Gasteiger partial charge in [-0.3, -0.25) is 4.90 Å². The van der Waals surface area contributed by atoms with Crippen molar-refractivity contribution >= 4 is 44.6 Å². The molecule has 25 heavy (non-hydrogen) atoms. The van der Waals surface area contributed by atoms with Gasteiger partial charge in [0.05, 0.1) is 5.02 Å². The quantitative estimate of drug-likeness (QED) is 0.744. The molecule has 1 aromatic carbocycles. The summed E-state index contributed by atoms with van der Waals surface area (Å²) in [6.45, 7) is 5.14. The third kappa shape index (κ3) is 4.38. The summed E-state index contributed by atoms with van der Waals surface area (Å²) in [6.07, 6.45) is 0.799. The molecule has 1 aliphatic rings. The fourth-order valence-electron chi connectivity index (χ4n) is 3.13. The van der Waals surface area contributed by atoms with Crippen LogP contribution in [0.15, 0.2) is 33.9 Å². The average Bonchev–Trinajstić information content (AvgIpc) is 2.89. The average molecular weight is 419 g/mol. The van der Waals surface area contributed by atoms with E-state index in [4.69, 9.17) is 23.2 Å². The molecule has 136 valence electrons. The van der Waals surface area contributed by atoms with Crippen molar-refractivity contribution in [1.82, 2.24) is 9.21 Å². The maximum Gasteiger partial charge on any atom is 0.244 e. The molecule has 0 saturated carbocycles. The van der Waals surface area contributed by atoms with Gasteiger partial charge < -0.3 is 0 Å². The fourth-order valence-corrected chi connectivity index (χ4v) is 6.40. The van der Waals surface area contributed by atoms with Crippen molar-refractivity contribution in [3.05, 3.63) is 50.1 Å². The molecule has 4 nitrogen and oxygen atoms in total. The van der Waals surface area contributed by atoms with Crippen molar-refractivity contribution in [2.24, 2.45) is 0 Å². The number of aryl methyl sites for hydroxylation is 1. The summed E-state index contributed by atoms with van der Waals surface area (Å²) in [5.41, 5.74) is 1.86. The van der Waals surface area contributed by atoms with Gasteiger partial charge >= 0.3 is 0 Å². The van der Waals surface area contributed by atoms with E-state index in [9.17, 15) is 8.42 Å². The predicted octanol–water partition coefficient (Wildman–Crippen LogP) is 4.26. The molecule has 0 bridgehead atoms. The normalized spacial score (nSPS) is 17.6. The molecule has 1 saturated heterocycles. The number of nitrogens with zero attached hydrogens (tertiary/aromatic N) is 2. The van der Waals surface area contributed by atoms with Gasteiger partial charge in [0.25, 0.3) is 0 Å². The van der Waals surface area contributed by atoms with Crippen molar-refractivity contribution in [1.29, 1.82) is 0 Å². The second-order valence-electron chi connectivity index (χ2n) is 6.20. The molecular weight excluding hydrogens is 399 g/mol. The van der Waals surface area contributed by atoms with E-state index in [1.165, 1.54) is 11.6 Å². The van der Waals surface area contributed by atoms with Gasteiger partial charge in [0.15, 0.2) is 0 Å². The molecule has 0 N–H and O–H groups in total. The monoisotopic (exact) mass is 418 g/mol. The number of hydrogen-bond acceptors (Lipinski definition) is 4. The Kier molecular flexibility index (Phi) is 6.08. The Balaban J connectivity index is 1.77. The number of thiophene rings is 1. The van der Waals surface area contributed by atoms with Crippen LogP contribution in [-0.4, -0.2) is 43.8 Å². The number of rotatable bonds is 4. The highest BCUT2D eigenvalue weighted by Gasteiger charge is 2.30. The van der Waals surface area contributed by atoms with Gasteiger partial charge in [-0.25, -0.2) is 8.42 Å². The largest absolute Gasteiger partial charge is 0.298 e. The highest BCUT2D eigenvalue weighted by atomic mass is 35.5. The summed E-state index contributed by atoms with van der Waals surface area (Å²) < 4.78 is 27.7. The first-order valence-electron chi connectivity index (χ1n) is 8.07. The first-order chi connectivity index (χ1) is 11.9. The maximum absolute atomic E-state index is 13.1. The molecule has 0 radical (unpaired) electrons. The van der Waals surface area contributed by atoms with Gasteiger partial charge in [-0.05, 0) is 60.0 Å². The van der Waals surface area contributed by atoms with Crippen LogP contribution in [0, 0.1) is 6.92 Å². The van der Waals surface area contributed by atoms with E-state index >= 15 is 0 Å². The zero-order chi connectivity index (χ0) is 18.0. The Morgan fingerprint density at radius 3 is 2.64 bits per heavy atom. The number of hydrogen-bond donors (Lipinski definition) is 0. The zero-order valence-electron chi connectivity index (χ0n) is 13.9. The lowest BCUT2D eigenvalue weighted by molar-refractivity contribution is 0.279. The first-order valence-corrected chi connectivity index (χ1v) is 11.2. The van der Waals surface area contributed by atoms with Crippen LogP contribution in [0.2, 0.25) is 10.0 Å². The molecule has 3 rings (SSSR count). The lowest BCUT2D eigenvalue weighted by Crippen LogP contribution is -2.35. The van der Waals surface area contributed by atoms with Crippen LogP contribution in [0.4, 0.5) is 0 Å². The maximum atomic E-state index is 13.1. The van der Waals surface area contributed by atoms with Crippen LogP contribution in [-0.2, 0) is 16.6 Å². The van der Waals surface area contributed by atoms with Crippen LogP contribution >= 0.6 is 34.5 Å². The van der Waals surface area contributed by atoms with Crippen LogP contribution < -0.4 is 0 Å². The molecule has 1 aliphatic heterocycles. The molecule has 0 amide bonds. The Morgan fingerprint density at radius 2 is 1.96 bits per heavy atom. The van der Waals surface area contributed by atoms with Crippen LogP contribution in [0.1, 0.15) is 17.5 Å². The van der Waals surface area contributed by atoms with Crippen molar-refractivity contribution in [2.75, 3.05) is 26.2 Å². The summed E-state index contributed by atoms with van der Waals surface area (Å²) >= 11 is 13.9. The second kappa shape index (κ2) is 7.94. The van der Waals surface area contributed by atoms with Gasteiger partial charge in [-0.1, -0.05) is 23.2 Å². The van der Waals surface area contributed by atoms with E-state index in [0.717, 1.165) is 19.5 Å². The van der Waals surface area contributed by atoms with E-state index in [1.807, 2.05) is 0 Å². The molecule has 0 unspecified atom stereocenters. The molecule has 0 atom stereocenters. The topological polar surface area (TPSA) is 40.6 Å². The smallest absolute Gasteiger partial charge is 0.244 e. The lowest BCUT2D eigenvalue weighted by atomic mass is 10.2. The van der Waals surface area contributed by atoms with E-state index in [2.05, 4.69) is 21.7 Å². The third-order valence-electron chi connectivity index (χ3n) is 4.33. The van der Waals surface area contributed by atoms with Gasteiger partial charge in [-0.2, -0.15) is 15.6 Å². The lowest BCUT2D eigenvalue weighted by Gasteiger charge is -2.23. The Hall–Kier alpha value is -0.630. The van der Waals surface area contributed by atoms with Crippen LogP contribution in [0.25, 0.3) is 0 Å². The molecule has 0 aliphatic carbocycles. The minimum atomic E-state index is -3.63. The van der Waals surface area contributed by atoms with Gasteiger partial charge in [0.2, 0.25) is 10.0 Å². The summed E-state index contributed by atoms with van der Waals surface area (Å²) in [5, 5.41) is 4.83. The van der Waals surface area contributed by atoms with Crippen molar-refractivity contribution in [3.8, 4) is 0 Å². The summed E-state index contributed by atoms with van der Waals surface area (Å²) in [5.74, 6) is 0. The van der Waals surface area contributed by atoms with Gasteiger partial charge in [0, 0.05) is 31.2 Å². The van der Waals surface area contributed by atoms with E-state index < -0.39 is 10.0 Å². The van der Waals surface area contributed by atoms with Crippen molar-refractivity contribution in [2.45, 2.75) is 24.8 Å². The van der Waals surface area contributed by atoms with Crippen molar-refractivity contribution in [3.63, 3.8) is 0 Å². The minimum Gasteiger partial charge on any atom is -0.298 e. The summed E-state index contributed by atoms with van der Waals surface area (Å²) in [6, 6.07) is 5.24. The van der Waals surface area contributed by atoms with Crippen molar-refractivity contribution < 1.29 is 8.42 Å². The van der Waals surface area contributed by atoms with Crippen LogP contribution in [0.3, 0.4) is 0 Å². The first kappa shape index (κ1) is 19.1. The summed E-state index contributed by atoms with van der Waals surface area (Å²) in [7, 11) is -3.63. The fraction of sp³-hybridized carbons (Fsp3) is 0.412. The Labute approximate surface area is 163 Å². The molecule has 8 heteroatoms. The molecule has 0 spiro atoms. The van der Waals surface area contributed by atoms with Gasteiger partial charge in [0.1, 0.15) is 4.90 Å². The Morgan fingerprint density at radius 1 is 1.16 bits per heavy atom. The molecule has 2 heterocycles. The van der Waals surface area contributed by atoms with E-state index in [-0.39, 0.29) is 9.92 Å². The van der Waals surface area contributed by atoms with Gasteiger partial charge in [-0.15, -0.1) is 0 Å². The van der Waals surface area contributed by atoms with E-state index in [0.29, 0.717) is 30.2 Å². The van der Waals surface area contributed by atoms with Crippen LogP contribution in [0.5, 0.6) is 0 Å². The third-order valence-corrected chi connectivity index (χ3v) is 7.79. The minimum absolute atomic E-state index is 0.171. The highest BCUT2D eigenvalue weighted by molar-refractivity contribution is 7.89. The van der Waals surface area contributed by atoms with E-state index in [1.54, 1.807) is 28.6 Å². The Bertz CT molecular complexity index is 815. The second-order valence-corrected chi connectivity index (χ2v) is 9.70. The molecule has 1 aromatic heterocycles. The zero-order valence-corrected chi connectivity index (χ0v) is 17.1. The number of benzene rings is 1.